The van der Waals surface area contributed by atoms with Gasteiger partial charge in [-0.05, 0) is 47.9 Å². The average molecular weight is 496 g/mol. The Morgan fingerprint density at radius 1 is 1.08 bits per heavy atom. The lowest BCUT2D eigenvalue weighted by molar-refractivity contribution is -0.137. The number of amides is 1. The number of nitrogens with zero attached hydrogens (tertiary/aromatic N) is 4. The Labute approximate surface area is 203 Å². The van der Waals surface area contributed by atoms with E-state index in [1.807, 2.05) is 43.6 Å². The van der Waals surface area contributed by atoms with Crippen LogP contribution in [0.1, 0.15) is 32.6 Å². The van der Waals surface area contributed by atoms with Crippen molar-refractivity contribution in [2.75, 3.05) is 0 Å². The van der Waals surface area contributed by atoms with Crippen molar-refractivity contribution in [1.82, 2.24) is 19.7 Å². The molecule has 10 heteroatoms. The van der Waals surface area contributed by atoms with Gasteiger partial charge in [-0.25, -0.2) is 9.37 Å². The highest BCUT2D eigenvalue weighted by atomic mass is 19.4. The molecule has 0 bridgehead atoms. The number of fused-ring (bicyclic) bond motifs is 1. The van der Waals surface area contributed by atoms with Crippen LogP contribution in [0.25, 0.3) is 11.3 Å². The Bertz CT molecular complexity index is 1440. The lowest BCUT2D eigenvalue weighted by Gasteiger charge is -2.16. The molecule has 4 aromatic rings. The Morgan fingerprint density at radius 3 is 2.47 bits per heavy atom. The summed E-state index contributed by atoms with van der Waals surface area (Å²) in [6, 6.07) is 12.4. The summed E-state index contributed by atoms with van der Waals surface area (Å²) in [6.07, 6.45) is -1.42. The monoisotopic (exact) mass is 496 g/mol. The molecule has 2 aromatic heterocycles. The third-order valence-corrected chi connectivity index (χ3v) is 5.96. The number of hydrogen-bond donors (Lipinski definition) is 0. The zero-order valence-corrected chi connectivity index (χ0v) is 19.3. The average Bonchev–Trinajstić information content (AvgIpc) is 3.39. The van der Waals surface area contributed by atoms with Gasteiger partial charge in [0.25, 0.3) is 5.91 Å². The van der Waals surface area contributed by atoms with Crippen LogP contribution in [0.4, 0.5) is 17.6 Å². The van der Waals surface area contributed by atoms with E-state index in [9.17, 15) is 22.4 Å². The molecule has 2 aromatic carbocycles. The number of ether oxygens (including phenoxy) is 1. The predicted octanol–water partition coefficient (Wildman–Crippen LogP) is 5.90. The molecule has 0 N–H and O–H groups in total. The molecule has 0 fully saturated rings. The summed E-state index contributed by atoms with van der Waals surface area (Å²) in [4.78, 5) is 18.9. The Kier molecular flexibility index (Phi) is 5.74. The maximum Gasteiger partial charge on any atom is 0.416 e. The maximum absolute atomic E-state index is 14.5. The largest absolute Gasteiger partial charge is 0.435 e. The van der Waals surface area contributed by atoms with Crippen LogP contribution in [-0.4, -0.2) is 25.6 Å². The first-order chi connectivity index (χ1) is 17.1. The molecular formula is C26H20F4N4O2. The van der Waals surface area contributed by atoms with Gasteiger partial charge in [0, 0.05) is 38.1 Å². The minimum atomic E-state index is -4.69. The molecule has 0 aliphatic carbocycles. The van der Waals surface area contributed by atoms with E-state index in [0.29, 0.717) is 24.7 Å². The number of halogens is 4. The van der Waals surface area contributed by atoms with Gasteiger partial charge in [0.2, 0.25) is 5.88 Å². The van der Waals surface area contributed by atoms with Crippen LogP contribution in [-0.2, 0) is 26.3 Å². The molecular weight excluding hydrogens is 476 g/mol. The highest BCUT2D eigenvalue weighted by Crippen LogP contribution is 2.38. The summed E-state index contributed by atoms with van der Waals surface area (Å²) in [7, 11) is 1.84. The fourth-order valence-electron chi connectivity index (χ4n) is 4.17. The van der Waals surface area contributed by atoms with Crippen molar-refractivity contribution in [2.45, 2.75) is 26.2 Å². The zero-order chi connectivity index (χ0) is 25.6. The Hall–Kier alpha value is -4.21. The van der Waals surface area contributed by atoms with Crippen LogP contribution in [0.15, 0.2) is 60.9 Å². The lowest BCUT2D eigenvalue weighted by Crippen LogP contribution is -2.23. The summed E-state index contributed by atoms with van der Waals surface area (Å²) in [5.41, 5.74) is 2.32. The van der Waals surface area contributed by atoms with Crippen LogP contribution >= 0.6 is 0 Å². The number of pyridine rings is 1. The highest BCUT2D eigenvalue weighted by molar-refractivity contribution is 6.00. The van der Waals surface area contributed by atoms with Crippen molar-refractivity contribution < 1.29 is 27.1 Å². The van der Waals surface area contributed by atoms with Crippen LogP contribution in [0.5, 0.6) is 11.6 Å². The third kappa shape index (κ3) is 4.41. The molecule has 184 valence electrons. The van der Waals surface area contributed by atoms with Crippen LogP contribution in [0.2, 0.25) is 0 Å². The summed E-state index contributed by atoms with van der Waals surface area (Å²) < 4.78 is 60.8. The predicted molar refractivity (Wildman–Crippen MR) is 123 cm³/mol. The van der Waals surface area contributed by atoms with E-state index in [2.05, 4.69) is 10.1 Å². The van der Waals surface area contributed by atoms with Gasteiger partial charge in [-0.3, -0.25) is 9.48 Å². The Balaban J connectivity index is 1.36. The first-order valence-corrected chi connectivity index (χ1v) is 11.0. The smallest absolute Gasteiger partial charge is 0.416 e. The molecule has 0 radical (unpaired) electrons. The fourth-order valence-corrected chi connectivity index (χ4v) is 4.17. The normalized spacial score (nSPS) is 13.3. The Morgan fingerprint density at radius 2 is 1.83 bits per heavy atom. The first-order valence-electron chi connectivity index (χ1n) is 11.0. The third-order valence-electron chi connectivity index (χ3n) is 5.96. The van der Waals surface area contributed by atoms with Crippen molar-refractivity contribution in [3.63, 3.8) is 0 Å². The molecule has 1 amide bonds. The standard InChI is InChI=1S/C26H20F4N4O2/c1-15-11-19(26(28,29)30)12-20(27)23(15)36-24-22-18(7-9-31-24)14-34(25(22)35)13-16-3-5-17(6-4-16)21-8-10-33(2)32-21/h3-12H,13-14H2,1-2H3. The summed E-state index contributed by atoms with van der Waals surface area (Å²) in [6.45, 7) is 1.92. The van der Waals surface area contributed by atoms with Gasteiger partial charge >= 0.3 is 6.18 Å². The molecule has 36 heavy (non-hydrogen) atoms. The number of benzene rings is 2. The molecule has 5 rings (SSSR count). The molecule has 0 saturated carbocycles. The molecule has 0 atom stereocenters. The number of carbonyl (C=O) groups is 1. The topological polar surface area (TPSA) is 60.2 Å². The SMILES string of the molecule is Cc1cc(C(F)(F)F)cc(F)c1Oc1nccc2c1C(=O)N(Cc1ccc(-c3ccn(C)n3)cc1)C2. The van der Waals surface area contributed by atoms with E-state index in [1.54, 1.807) is 15.6 Å². The number of aryl methyl sites for hydroxylation is 2. The highest BCUT2D eigenvalue weighted by Gasteiger charge is 2.34. The van der Waals surface area contributed by atoms with Crippen LogP contribution in [0.3, 0.4) is 0 Å². The molecule has 3 heterocycles. The van der Waals surface area contributed by atoms with Gasteiger partial charge in [-0.1, -0.05) is 24.3 Å². The number of alkyl halides is 3. The second-order valence-electron chi connectivity index (χ2n) is 8.59. The van der Waals surface area contributed by atoms with Crippen LogP contribution in [0, 0.1) is 12.7 Å². The zero-order valence-electron chi connectivity index (χ0n) is 19.3. The maximum atomic E-state index is 14.5. The van der Waals surface area contributed by atoms with Crippen molar-refractivity contribution in [1.29, 1.82) is 0 Å². The van der Waals surface area contributed by atoms with Gasteiger partial charge in [-0.15, -0.1) is 0 Å². The van der Waals surface area contributed by atoms with E-state index in [1.165, 1.54) is 13.1 Å². The number of carbonyl (C=O) groups excluding carboxylic acids is 1. The van der Waals surface area contributed by atoms with Gasteiger partial charge in [-0.2, -0.15) is 18.3 Å². The number of hydrogen-bond acceptors (Lipinski definition) is 4. The van der Waals surface area contributed by atoms with Crippen molar-refractivity contribution in [2.24, 2.45) is 7.05 Å². The summed E-state index contributed by atoms with van der Waals surface area (Å²) in [5.74, 6) is -2.09. The minimum absolute atomic E-state index is 0.0583. The van der Waals surface area contributed by atoms with Crippen molar-refractivity contribution >= 4 is 5.91 Å². The van der Waals surface area contributed by atoms with Gasteiger partial charge < -0.3 is 9.64 Å². The molecule has 1 aliphatic rings. The van der Waals surface area contributed by atoms with E-state index in [0.717, 1.165) is 22.9 Å². The number of rotatable bonds is 5. The first kappa shape index (κ1) is 23.5. The number of aromatic nitrogens is 3. The van der Waals surface area contributed by atoms with Crippen LogP contribution < -0.4 is 4.74 Å². The molecule has 0 unspecified atom stereocenters. The van der Waals surface area contributed by atoms with Gasteiger partial charge in [0.1, 0.15) is 5.56 Å². The summed E-state index contributed by atoms with van der Waals surface area (Å²) >= 11 is 0. The lowest BCUT2D eigenvalue weighted by atomic mass is 10.1. The second kappa shape index (κ2) is 8.78. The van der Waals surface area contributed by atoms with E-state index in [4.69, 9.17) is 4.74 Å². The van der Waals surface area contributed by atoms with E-state index in [-0.39, 0.29) is 22.9 Å². The molecule has 1 aliphatic heterocycles. The van der Waals surface area contributed by atoms with Gasteiger partial charge in [0.15, 0.2) is 11.6 Å². The molecule has 6 nitrogen and oxygen atoms in total. The minimum Gasteiger partial charge on any atom is -0.435 e. The van der Waals surface area contributed by atoms with Crippen molar-refractivity contribution in [3.05, 3.63) is 94.6 Å². The van der Waals surface area contributed by atoms with Crippen molar-refractivity contribution in [3.8, 4) is 22.9 Å². The van der Waals surface area contributed by atoms with E-state index >= 15 is 0 Å². The van der Waals surface area contributed by atoms with Gasteiger partial charge in [0.05, 0.1) is 11.3 Å². The molecule has 0 saturated heterocycles. The summed E-state index contributed by atoms with van der Waals surface area (Å²) in [5, 5.41) is 4.38. The second-order valence-corrected chi connectivity index (χ2v) is 8.59. The quantitative estimate of drug-likeness (QED) is 0.323. The van der Waals surface area contributed by atoms with E-state index < -0.39 is 23.3 Å². The fraction of sp³-hybridized carbons (Fsp3) is 0.192. The molecule has 0 spiro atoms.